The quantitative estimate of drug-likeness (QED) is 0.560. The first-order chi connectivity index (χ1) is 12.1. The molecule has 9 nitrogen and oxygen atoms in total. The maximum absolute atomic E-state index is 13.0. The third-order valence-corrected chi connectivity index (χ3v) is 5.88. The molecule has 0 fully saturated rings. The van der Waals surface area contributed by atoms with Gasteiger partial charge in [-0.05, 0) is 32.9 Å². The first-order valence-electron chi connectivity index (χ1n) is 7.63. The number of nitrogens with zero attached hydrogens (tertiary/aromatic N) is 3. The second-order valence-corrected chi connectivity index (χ2v) is 7.42. The molecule has 0 atom stereocenters. The number of hydrogen-bond acceptors (Lipinski definition) is 6. The second-order valence-electron chi connectivity index (χ2n) is 5.55. The highest BCUT2D eigenvalue weighted by atomic mass is 32.2. The first-order valence-corrected chi connectivity index (χ1v) is 9.07. The predicted molar refractivity (Wildman–Crippen MR) is 95.9 cm³/mol. The largest absolute Gasteiger partial charge is 0.274 e. The molecule has 0 radical (unpaired) electrons. The predicted octanol–water partition coefficient (Wildman–Crippen LogP) is 3.34. The molecule has 0 aliphatic rings. The Kier molecular flexibility index (Phi) is 5.26. The fraction of sp³-hybridized carbons (Fsp3) is 0.250. The van der Waals surface area contributed by atoms with Crippen LogP contribution in [0.4, 0.5) is 17.1 Å². The third kappa shape index (κ3) is 3.36. The molecule has 0 saturated carbocycles. The van der Waals surface area contributed by atoms with E-state index in [0.717, 1.165) is 10.4 Å². The first kappa shape index (κ1) is 19.3. The topological polar surface area (TPSA) is 124 Å². The zero-order valence-corrected chi connectivity index (χ0v) is 15.2. The minimum atomic E-state index is -4.14. The van der Waals surface area contributed by atoms with Gasteiger partial charge in [-0.15, -0.1) is 0 Å². The number of benzene rings is 2. The average Bonchev–Trinajstić information content (AvgIpc) is 2.56. The lowest BCUT2D eigenvalue weighted by Gasteiger charge is -2.24. The van der Waals surface area contributed by atoms with Crippen molar-refractivity contribution in [3.8, 4) is 0 Å². The van der Waals surface area contributed by atoms with Gasteiger partial charge in [-0.3, -0.25) is 24.5 Å². The van der Waals surface area contributed by atoms with Crippen LogP contribution in [0.25, 0.3) is 0 Å². The van der Waals surface area contributed by atoms with Crippen LogP contribution in [0.15, 0.2) is 41.3 Å². The van der Waals surface area contributed by atoms with Crippen molar-refractivity contribution in [1.29, 1.82) is 0 Å². The summed E-state index contributed by atoms with van der Waals surface area (Å²) in [6.45, 7) is 4.56. The molecule has 0 amide bonds. The Bertz CT molecular complexity index is 987. The van der Waals surface area contributed by atoms with Crippen molar-refractivity contribution in [2.75, 3.05) is 10.8 Å². The Morgan fingerprint density at radius 1 is 1.00 bits per heavy atom. The number of rotatable bonds is 6. The Balaban J connectivity index is 2.64. The van der Waals surface area contributed by atoms with Crippen LogP contribution in [-0.2, 0) is 10.0 Å². The number of anilines is 1. The van der Waals surface area contributed by atoms with Gasteiger partial charge in [0.15, 0.2) is 0 Å². The summed E-state index contributed by atoms with van der Waals surface area (Å²) in [5.74, 6) is 0. The van der Waals surface area contributed by atoms with Crippen molar-refractivity contribution in [3.05, 3.63) is 67.8 Å². The molecule has 0 aromatic heterocycles. The number of aryl methyl sites for hydroxylation is 1. The number of nitro groups is 2. The van der Waals surface area contributed by atoms with Crippen molar-refractivity contribution >= 4 is 27.1 Å². The molecule has 138 valence electrons. The molecular formula is C16H17N3O6S. The van der Waals surface area contributed by atoms with E-state index < -0.39 is 19.9 Å². The molecule has 2 aromatic rings. The van der Waals surface area contributed by atoms with E-state index in [4.69, 9.17) is 0 Å². The minimum Gasteiger partial charge on any atom is -0.266 e. The lowest BCUT2D eigenvalue weighted by molar-refractivity contribution is -0.385. The summed E-state index contributed by atoms with van der Waals surface area (Å²) in [6, 6.07) is 7.80. The summed E-state index contributed by atoms with van der Waals surface area (Å²) < 4.78 is 27.0. The fourth-order valence-electron chi connectivity index (χ4n) is 2.62. The maximum atomic E-state index is 13.0. The highest BCUT2D eigenvalue weighted by Gasteiger charge is 2.29. The van der Waals surface area contributed by atoms with Gasteiger partial charge in [-0.2, -0.15) is 0 Å². The van der Waals surface area contributed by atoms with Gasteiger partial charge in [-0.1, -0.05) is 12.1 Å². The van der Waals surface area contributed by atoms with E-state index in [9.17, 15) is 28.6 Å². The van der Waals surface area contributed by atoms with Gasteiger partial charge in [0, 0.05) is 24.2 Å². The highest BCUT2D eigenvalue weighted by molar-refractivity contribution is 7.92. The second kappa shape index (κ2) is 7.08. The standard InChI is InChI=1S/C16H17N3O6S/c1-4-17(14-6-5-7-15(12(14)3)18(20)21)26(24,25)13-9-8-11(2)16(10-13)19(22)23/h5-10H,4H2,1-3H3. The number of nitro benzene ring substituents is 2. The molecule has 0 unspecified atom stereocenters. The summed E-state index contributed by atoms with van der Waals surface area (Å²) in [4.78, 5) is 20.7. The maximum Gasteiger partial charge on any atom is 0.274 e. The normalized spacial score (nSPS) is 11.2. The van der Waals surface area contributed by atoms with Crippen molar-refractivity contribution in [2.24, 2.45) is 0 Å². The van der Waals surface area contributed by atoms with Crippen molar-refractivity contribution < 1.29 is 18.3 Å². The molecule has 0 aliphatic heterocycles. The molecule has 0 bridgehead atoms. The van der Waals surface area contributed by atoms with E-state index in [1.807, 2.05) is 0 Å². The average molecular weight is 379 g/mol. The Morgan fingerprint density at radius 2 is 1.62 bits per heavy atom. The summed E-state index contributed by atoms with van der Waals surface area (Å²) in [6.07, 6.45) is 0. The van der Waals surface area contributed by atoms with Crippen LogP contribution in [-0.4, -0.2) is 24.8 Å². The molecule has 0 spiro atoms. The van der Waals surface area contributed by atoms with Gasteiger partial charge >= 0.3 is 0 Å². The van der Waals surface area contributed by atoms with Crippen LogP contribution in [0.3, 0.4) is 0 Å². The van der Waals surface area contributed by atoms with Crippen LogP contribution >= 0.6 is 0 Å². The third-order valence-electron chi connectivity index (χ3n) is 3.99. The Morgan fingerprint density at radius 3 is 2.15 bits per heavy atom. The zero-order valence-electron chi connectivity index (χ0n) is 14.4. The SMILES string of the molecule is CCN(c1cccc([N+](=O)[O-])c1C)S(=O)(=O)c1ccc(C)c([N+](=O)[O-])c1. The smallest absolute Gasteiger partial charge is 0.266 e. The molecule has 10 heteroatoms. The van der Waals surface area contributed by atoms with Crippen LogP contribution in [0.2, 0.25) is 0 Å². The van der Waals surface area contributed by atoms with Crippen LogP contribution < -0.4 is 4.31 Å². The molecule has 2 aromatic carbocycles. The molecule has 0 aliphatic carbocycles. The van der Waals surface area contributed by atoms with Crippen LogP contribution in [0.5, 0.6) is 0 Å². The summed E-state index contributed by atoms with van der Waals surface area (Å²) in [5, 5.41) is 22.2. The van der Waals surface area contributed by atoms with Crippen molar-refractivity contribution in [2.45, 2.75) is 25.7 Å². The summed E-state index contributed by atoms with van der Waals surface area (Å²) >= 11 is 0. The van der Waals surface area contributed by atoms with Gasteiger partial charge < -0.3 is 0 Å². The van der Waals surface area contributed by atoms with E-state index in [1.54, 1.807) is 6.92 Å². The van der Waals surface area contributed by atoms with Gasteiger partial charge in [0.1, 0.15) is 0 Å². The summed E-state index contributed by atoms with van der Waals surface area (Å²) in [7, 11) is -4.14. The molecular weight excluding hydrogens is 362 g/mol. The molecule has 0 saturated heterocycles. The molecule has 2 rings (SSSR count). The van der Waals surface area contributed by atoms with Crippen LogP contribution in [0.1, 0.15) is 18.1 Å². The highest BCUT2D eigenvalue weighted by Crippen LogP contribution is 2.33. The fourth-order valence-corrected chi connectivity index (χ4v) is 4.17. The van der Waals surface area contributed by atoms with E-state index >= 15 is 0 Å². The molecule has 0 heterocycles. The lowest BCUT2D eigenvalue weighted by Crippen LogP contribution is -2.31. The van der Waals surface area contributed by atoms with Gasteiger partial charge in [0.25, 0.3) is 21.4 Å². The molecule has 0 N–H and O–H groups in total. The Labute approximate surface area is 150 Å². The zero-order chi connectivity index (χ0) is 19.6. The van der Waals surface area contributed by atoms with Crippen molar-refractivity contribution in [3.63, 3.8) is 0 Å². The van der Waals surface area contributed by atoms with Gasteiger partial charge in [-0.25, -0.2) is 8.42 Å². The van der Waals surface area contributed by atoms with Crippen LogP contribution in [0, 0.1) is 34.1 Å². The van der Waals surface area contributed by atoms with E-state index in [2.05, 4.69) is 0 Å². The van der Waals surface area contributed by atoms with Gasteiger partial charge in [0.05, 0.1) is 26.0 Å². The molecule has 26 heavy (non-hydrogen) atoms. The number of hydrogen-bond donors (Lipinski definition) is 0. The number of sulfonamides is 1. The van der Waals surface area contributed by atoms with E-state index in [0.29, 0.717) is 5.56 Å². The Hall–Kier alpha value is -3.01. The van der Waals surface area contributed by atoms with E-state index in [1.165, 1.54) is 44.2 Å². The lowest BCUT2D eigenvalue weighted by atomic mass is 10.1. The minimum absolute atomic E-state index is 0.00597. The summed E-state index contributed by atoms with van der Waals surface area (Å²) in [5.41, 5.74) is 0.182. The van der Waals surface area contributed by atoms with Crippen molar-refractivity contribution in [1.82, 2.24) is 0 Å². The van der Waals surface area contributed by atoms with E-state index in [-0.39, 0.29) is 34.1 Å². The monoisotopic (exact) mass is 379 g/mol. The van der Waals surface area contributed by atoms with Gasteiger partial charge in [0.2, 0.25) is 0 Å².